The SMILES string of the molecule is CC1(C)c2cc(C#N)ccc2-c2c1c1c(c3ccccc23)OC(c2ccccc2)(c2ccccc2)C=C1. The Labute approximate surface area is 217 Å². The Balaban J connectivity index is 1.57. The highest BCUT2D eigenvalue weighted by Gasteiger charge is 2.44. The molecule has 37 heavy (non-hydrogen) atoms. The molecule has 0 N–H and O–H groups in total. The van der Waals surface area contributed by atoms with E-state index in [9.17, 15) is 5.26 Å². The summed E-state index contributed by atoms with van der Waals surface area (Å²) < 4.78 is 7.23. The second kappa shape index (κ2) is 7.69. The normalized spacial score (nSPS) is 15.8. The van der Waals surface area contributed by atoms with E-state index in [1.165, 1.54) is 27.6 Å². The molecule has 7 rings (SSSR count). The van der Waals surface area contributed by atoms with Gasteiger partial charge in [0.1, 0.15) is 5.75 Å². The lowest BCUT2D eigenvalue weighted by atomic mass is 9.76. The predicted molar refractivity (Wildman–Crippen MR) is 150 cm³/mol. The van der Waals surface area contributed by atoms with Crippen molar-refractivity contribution in [2.24, 2.45) is 0 Å². The first-order chi connectivity index (χ1) is 18.0. The van der Waals surface area contributed by atoms with Crippen LogP contribution in [0.2, 0.25) is 0 Å². The lowest BCUT2D eigenvalue weighted by Crippen LogP contribution is -2.35. The highest BCUT2D eigenvalue weighted by Crippen LogP contribution is 2.58. The molecule has 0 fully saturated rings. The zero-order valence-electron chi connectivity index (χ0n) is 20.8. The second-order valence-electron chi connectivity index (χ2n) is 10.4. The van der Waals surface area contributed by atoms with Gasteiger partial charge in [-0.3, -0.25) is 0 Å². The van der Waals surface area contributed by atoms with E-state index in [2.05, 4.69) is 117 Å². The third-order valence-electron chi connectivity index (χ3n) is 8.07. The van der Waals surface area contributed by atoms with Gasteiger partial charge in [-0.25, -0.2) is 0 Å². The third kappa shape index (κ3) is 2.92. The number of ether oxygens (including phenoxy) is 1. The van der Waals surface area contributed by atoms with Gasteiger partial charge < -0.3 is 4.74 Å². The summed E-state index contributed by atoms with van der Waals surface area (Å²) in [5.74, 6) is 0.908. The maximum atomic E-state index is 9.61. The van der Waals surface area contributed by atoms with E-state index >= 15 is 0 Å². The van der Waals surface area contributed by atoms with Crippen LogP contribution in [0.3, 0.4) is 0 Å². The van der Waals surface area contributed by atoms with E-state index in [0.717, 1.165) is 27.8 Å². The Morgan fingerprint density at radius 2 is 1.35 bits per heavy atom. The minimum absolute atomic E-state index is 0.279. The van der Waals surface area contributed by atoms with E-state index in [1.807, 2.05) is 18.2 Å². The average Bonchev–Trinajstić information content (AvgIpc) is 3.20. The molecule has 2 heteroatoms. The highest BCUT2D eigenvalue weighted by molar-refractivity contribution is 6.08. The zero-order chi connectivity index (χ0) is 25.2. The summed E-state index contributed by atoms with van der Waals surface area (Å²) in [7, 11) is 0. The topological polar surface area (TPSA) is 33.0 Å². The maximum Gasteiger partial charge on any atom is 0.178 e. The van der Waals surface area contributed by atoms with Crippen molar-refractivity contribution >= 4 is 16.8 Å². The van der Waals surface area contributed by atoms with Crippen LogP contribution in [-0.2, 0) is 11.0 Å². The number of hydrogen-bond acceptors (Lipinski definition) is 2. The molecule has 0 spiro atoms. The molecule has 1 aliphatic carbocycles. The minimum Gasteiger partial charge on any atom is -0.472 e. The molecule has 176 valence electrons. The summed E-state index contributed by atoms with van der Waals surface area (Å²) in [5.41, 5.74) is 7.88. The van der Waals surface area contributed by atoms with Gasteiger partial charge in [-0.05, 0) is 45.8 Å². The van der Waals surface area contributed by atoms with Crippen molar-refractivity contribution in [3.8, 4) is 22.9 Å². The van der Waals surface area contributed by atoms with Crippen LogP contribution in [0.4, 0.5) is 0 Å². The van der Waals surface area contributed by atoms with E-state index in [4.69, 9.17) is 4.74 Å². The van der Waals surface area contributed by atoms with Crippen molar-refractivity contribution in [3.63, 3.8) is 0 Å². The molecule has 0 saturated carbocycles. The Morgan fingerprint density at radius 3 is 2.00 bits per heavy atom. The van der Waals surface area contributed by atoms with Crippen LogP contribution in [0.15, 0.2) is 109 Å². The first-order valence-electron chi connectivity index (χ1n) is 12.7. The van der Waals surface area contributed by atoms with Gasteiger partial charge in [0.05, 0.1) is 11.6 Å². The standard InChI is InChI=1S/C35H25NO/c1-34(2)30-21-23(22-36)17-18-28(30)31-26-15-9-10-16-27(26)33-29(32(31)34)19-20-35(37-33,24-11-5-3-6-12-24)25-13-7-4-8-14-25/h3-21H,1-2H3. The molecule has 2 nitrogen and oxygen atoms in total. The van der Waals surface area contributed by atoms with Crippen molar-refractivity contribution in [1.29, 1.82) is 5.26 Å². The third-order valence-corrected chi connectivity index (χ3v) is 8.07. The number of benzene rings is 5. The molecule has 0 saturated heterocycles. The molecular formula is C35H25NO. The van der Waals surface area contributed by atoms with Crippen LogP contribution in [0.5, 0.6) is 5.75 Å². The number of hydrogen-bond donors (Lipinski definition) is 0. The molecule has 0 atom stereocenters. The number of fused-ring (bicyclic) bond motifs is 8. The van der Waals surface area contributed by atoms with Crippen LogP contribution in [0, 0.1) is 11.3 Å². The second-order valence-corrected chi connectivity index (χ2v) is 10.4. The first kappa shape index (κ1) is 21.7. The summed E-state index contributed by atoms with van der Waals surface area (Å²) in [6.07, 6.45) is 4.48. The quantitative estimate of drug-likeness (QED) is 0.257. The number of rotatable bonds is 2. The molecule has 5 aromatic rings. The Hall–Kier alpha value is -4.61. The van der Waals surface area contributed by atoms with Gasteiger partial charge >= 0.3 is 0 Å². The molecule has 1 heterocycles. The molecule has 1 aliphatic heterocycles. The fourth-order valence-electron chi connectivity index (χ4n) is 6.35. The van der Waals surface area contributed by atoms with Crippen LogP contribution in [0.25, 0.3) is 28.0 Å². The number of nitrogens with zero attached hydrogens (tertiary/aromatic N) is 1. The first-order valence-corrected chi connectivity index (χ1v) is 12.7. The van der Waals surface area contributed by atoms with E-state index in [-0.39, 0.29) is 5.41 Å². The zero-order valence-corrected chi connectivity index (χ0v) is 20.8. The lowest BCUT2D eigenvalue weighted by molar-refractivity contribution is 0.163. The van der Waals surface area contributed by atoms with E-state index in [0.29, 0.717) is 5.56 Å². The van der Waals surface area contributed by atoms with Gasteiger partial charge in [-0.2, -0.15) is 5.26 Å². The summed E-state index contributed by atoms with van der Waals surface area (Å²) in [6, 6.07) is 37.9. The van der Waals surface area contributed by atoms with Crippen molar-refractivity contribution < 1.29 is 4.74 Å². The fraction of sp³-hybridized carbons (Fsp3) is 0.114. The van der Waals surface area contributed by atoms with Gasteiger partial charge in [-0.15, -0.1) is 0 Å². The van der Waals surface area contributed by atoms with Gasteiger partial charge in [0.25, 0.3) is 0 Å². The Morgan fingerprint density at radius 1 is 0.730 bits per heavy atom. The largest absolute Gasteiger partial charge is 0.472 e. The maximum absolute atomic E-state index is 9.61. The summed E-state index contributed by atoms with van der Waals surface area (Å²) in [6.45, 7) is 4.52. The van der Waals surface area contributed by atoms with Gasteiger partial charge in [-0.1, -0.05) is 111 Å². The molecule has 2 aliphatic rings. The van der Waals surface area contributed by atoms with Crippen LogP contribution in [0.1, 0.15) is 47.2 Å². The van der Waals surface area contributed by atoms with Gasteiger partial charge in [0.15, 0.2) is 5.60 Å². The predicted octanol–water partition coefficient (Wildman–Crippen LogP) is 8.37. The van der Waals surface area contributed by atoms with Crippen molar-refractivity contribution in [2.75, 3.05) is 0 Å². The molecule has 0 amide bonds. The van der Waals surface area contributed by atoms with E-state index in [1.54, 1.807) is 0 Å². The van der Waals surface area contributed by atoms with Crippen molar-refractivity contribution in [2.45, 2.75) is 24.9 Å². The molecule has 0 unspecified atom stereocenters. The van der Waals surface area contributed by atoms with Crippen LogP contribution < -0.4 is 4.74 Å². The van der Waals surface area contributed by atoms with E-state index < -0.39 is 5.60 Å². The lowest BCUT2D eigenvalue weighted by Gasteiger charge is -2.38. The highest BCUT2D eigenvalue weighted by atomic mass is 16.5. The summed E-state index contributed by atoms with van der Waals surface area (Å²) >= 11 is 0. The summed E-state index contributed by atoms with van der Waals surface area (Å²) in [5, 5.41) is 11.9. The van der Waals surface area contributed by atoms with Crippen LogP contribution in [-0.4, -0.2) is 0 Å². The smallest absolute Gasteiger partial charge is 0.178 e. The Kier molecular flexibility index (Phi) is 4.50. The molecule has 5 aromatic carbocycles. The molecule has 0 radical (unpaired) electrons. The van der Waals surface area contributed by atoms with Crippen molar-refractivity contribution in [3.05, 3.63) is 143 Å². The Bertz CT molecular complexity index is 1730. The van der Waals surface area contributed by atoms with Gasteiger partial charge in [0.2, 0.25) is 0 Å². The van der Waals surface area contributed by atoms with Crippen molar-refractivity contribution in [1.82, 2.24) is 0 Å². The van der Waals surface area contributed by atoms with Crippen LogP contribution >= 0.6 is 0 Å². The molecule has 0 bridgehead atoms. The molecular weight excluding hydrogens is 450 g/mol. The molecule has 0 aromatic heterocycles. The van der Waals surface area contributed by atoms with Gasteiger partial charge in [0, 0.05) is 27.5 Å². The summed E-state index contributed by atoms with van der Waals surface area (Å²) in [4.78, 5) is 0. The number of nitriles is 1. The average molecular weight is 476 g/mol. The fourth-order valence-corrected chi connectivity index (χ4v) is 6.35. The minimum atomic E-state index is -0.740. The monoisotopic (exact) mass is 475 g/mol.